The molecule has 6 nitrogen and oxygen atoms in total. The zero-order valence-electron chi connectivity index (χ0n) is 8.16. The molecule has 0 saturated heterocycles. The molecule has 0 amide bonds. The summed E-state index contributed by atoms with van der Waals surface area (Å²) in [7, 11) is 1.43. The van der Waals surface area contributed by atoms with Gasteiger partial charge in [-0.2, -0.15) is 0 Å². The van der Waals surface area contributed by atoms with Crippen molar-refractivity contribution >= 4 is 0 Å². The van der Waals surface area contributed by atoms with Crippen LogP contribution in [-0.2, 0) is 0 Å². The molecule has 1 aromatic rings. The van der Waals surface area contributed by atoms with Gasteiger partial charge >= 0.3 is 0 Å². The van der Waals surface area contributed by atoms with Gasteiger partial charge in [0, 0.05) is 7.05 Å². The van der Waals surface area contributed by atoms with E-state index in [9.17, 15) is 15.1 Å². The number of hydrogen-bond donors (Lipinski definition) is 3. The summed E-state index contributed by atoms with van der Waals surface area (Å²) in [4.78, 5) is 10.1. The Bertz CT molecular complexity index is 356. The first-order valence-corrected chi connectivity index (χ1v) is 4.29. The Morgan fingerprint density at radius 1 is 1.40 bits per heavy atom. The van der Waals surface area contributed by atoms with Gasteiger partial charge in [0.2, 0.25) is 0 Å². The topological polar surface area (TPSA) is 93.4 Å². The maximum Gasteiger partial charge on any atom is 0.157 e. The lowest BCUT2D eigenvalue weighted by Gasteiger charge is -2.15. The molecule has 0 fully saturated rings. The van der Waals surface area contributed by atoms with Gasteiger partial charge in [-0.1, -0.05) is 6.07 Å². The molecule has 0 aliphatic carbocycles. The van der Waals surface area contributed by atoms with Gasteiger partial charge in [-0.25, -0.2) is 0 Å². The third kappa shape index (κ3) is 2.81. The van der Waals surface area contributed by atoms with E-state index in [-0.39, 0.29) is 18.0 Å². The summed E-state index contributed by atoms with van der Waals surface area (Å²) in [6.07, 6.45) is -0.945. The third-order valence-corrected chi connectivity index (χ3v) is 1.96. The first-order valence-electron chi connectivity index (χ1n) is 4.29. The van der Waals surface area contributed by atoms with Gasteiger partial charge in [-0.3, -0.25) is 5.01 Å². The number of phenolic OH excluding ortho intramolecular Hbond substituents is 2. The highest BCUT2D eigenvalue weighted by Gasteiger charge is 2.12. The largest absolute Gasteiger partial charge is 0.504 e. The highest BCUT2D eigenvalue weighted by molar-refractivity contribution is 5.41. The minimum Gasteiger partial charge on any atom is -0.504 e. The lowest BCUT2D eigenvalue weighted by molar-refractivity contribution is 0.127. The normalized spacial score (nSPS) is 12.1. The number of nitrogens with zero attached hydrogens (tertiary/aromatic N) is 2. The molecule has 0 unspecified atom stereocenters. The molecule has 0 aliphatic heterocycles. The zero-order chi connectivity index (χ0) is 11.4. The summed E-state index contributed by atoms with van der Waals surface area (Å²) in [6.45, 7) is 0.0215. The summed E-state index contributed by atoms with van der Waals surface area (Å²) in [5.41, 5.74) is 0.404. The molecule has 0 spiro atoms. The lowest BCUT2D eigenvalue weighted by atomic mass is 10.1. The Morgan fingerprint density at radius 3 is 2.60 bits per heavy atom. The molecule has 15 heavy (non-hydrogen) atoms. The van der Waals surface area contributed by atoms with E-state index in [1.165, 1.54) is 25.2 Å². The van der Waals surface area contributed by atoms with Gasteiger partial charge < -0.3 is 15.3 Å². The fourth-order valence-corrected chi connectivity index (χ4v) is 1.14. The van der Waals surface area contributed by atoms with Crippen LogP contribution in [0.5, 0.6) is 11.5 Å². The summed E-state index contributed by atoms with van der Waals surface area (Å²) >= 11 is 0. The minimum absolute atomic E-state index is 0.0215. The molecule has 0 heterocycles. The van der Waals surface area contributed by atoms with Crippen molar-refractivity contribution in [3.05, 3.63) is 28.7 Å². The maximum absolute atomic E-state index is 10.1. The number of benzene rings is 1. The van der Waals surface area contributed by atoms with Crippen LogP contribution in [0.4, 0.5) is 0 Å². The molecule has 6 heteroatoms. The van der Waals surface area contributed by atoms with Gasteiger partial charge in [0.1, 0.15) is 0 Å². The van der Waals surface area contributed by atoms with E-state index < -0.39 is 6.10 Å². The second-order valence-electron chi connectivity index (χ2n) is 3.19. The van der Waals surface area contributed by atoms with Crippen LogP contribution in [0.3, 0.4) is 0 Å². The van der Waals surface area contributed by atoms with Crippen LogP contribution in [-0.4, -0.2) is 33.9 Å². The number of likely N-dealkylation sites (N-methyl/N-ethyl adjacent to an activating group) is 1. The molecule has 0 saturated carbocycles. The summed E-state index contributed by atoms with van der Waals surface area (Å²) < 4.78 is 0. The lowest BCUT2D eigenvalue weighted by Crippen LogP contribution is -2.18. The Kier molecular flexibility index (Phi) is 3.46. The standard InChI is InChI=1S/C9H12N2O4/c1-11(10-15)5-9(14)6-2-3-7(12)8(13)4-6/h2-4,9,12-14H,5H2,1H3/t9-/m0/s1. The van der Waals surface area contributed by atoms with Gasteiger partial charge in [0.05, 0.1) is 17.9 Å². The van der Waals surface area contributed by atoms with Gasteiger partial charge in [-0.05, 0) is 17.7 Å². The van der Waals surface area contributed by atoms with E-state index in [2.05, 4.69) is 5.29 Å². The molecule has 1 atom stereocenters. The first kappa shape index (κ1) is 11.3. The molecule has 1 aromatic carbocycles. The smallest absolute Gasteiger partial charge is 0.157 e. The van der Waals surface area contributed by atoms with Crippen molar-refractivity contribution in [1.29, 1.82) is 0 Å². The molecule has 82 valence electrons. The average molecular weight is 212 g/mol. The predicted molar refractivity (Wildman–Crippen MR) is 53.2 cm³/mol. The van der Waals surface area contributed by atoms with Gasteiger partial charge in [0.15, 0.2) is 11.5 Å². The maximum atomic E-state index is 10.1. The quantitative estimate of drug-likeness (QED) is 0.389. The van der Waals surface area contributed by atoms with Crippen LogP contribution in [0, 0.1) is 4.91 Å². The fourth-order valence-electron chi connectivity index (χ4n) is 1.14. The monoisotopic (exact) mass is 212 g/mol. The Morgan fingerprint density at radius 2 is 2.07 bits per heavy atom. The third-order valence-electron chi connectivity index (χ3n) is 1.96. The Labute approximate surface area is 86.3 Å². The Hall–Kier alpha value is -1.82. The number of aromatic hydroxyl groups is 2. The number of rotatable bonds is 4. The van der Waals surface area contributed by atoms with Crippen molar-refractivity contribution in [3.63, 3.8) is 0 Å². The van der Waals surface area contributed by atoms with Crippen molar-refractivity contribution in [2.24, 2.45) is 5.29 Å². The van der Waals surface area contributed by atoms with Crippen LogP contribution in [0.1, 0.15) is 11.7 Å². The molecule has 0 bridgehead atoms. The van der Waals surface area contributed by atoms with Crippen molar-refractivity contribution in [2.45, 2.75) is 6.10 Å². The number of hydrogen-bond acceptors (Lipinski definition) is 5. The van der Waals surface area contributed by atoms with E-state index >= 15 is 0 Å². The Balaban J connectivity index is 2.77. The molecular weight excluding hydrogens is 200 g/mol. The number of aliphatic hydroxyl groups excluding tert-OH is 1. The van der Waals surface area contributed by atoms with Crippen molar-refractivity contribution in [2.75, 3.05) is 13.6 Å². The number of aliphatic hydroxyl groups is 1. The second kappa shape index (κ2) is 4.61. The van der Waals surface area contributed by atoms with E-state index in [0.717, 1.165) is 5.01 Å². The highest BCUT2D eigenvalue weighted by Crippen LogP contribution is 2.27. The van der Waals surface area contributed by atoms with Gasteiger partial charge in [0.25, 0.3) is 0 Å². The van der Waals surface area contributed by atoms with E-state index in [4.69, 9.17) is 5.11 Å². The van der Waals surface area contributed by atoms with E-state index in [1.807, 2.05) is 0 Å². The molecule has 0 aliphatic rings. The second-order valence-corrected chi connectivity index (χ2v) is 3.19. The van der Waals surface area contributed by atoms with Crippen LogP contribution < -0.4 is 0 Å². The summed E-state index contributed by atoms with van der Waals surface area (Å²) in [6, 6.07) is 3.96. The summed E-state index contributed by atoms with van der Waals surface area (Å²) in [5.74, 6) is -0.568. The zero-order valence-corrected chi connectivity index (χ0v) is 8.16. The average Bonchev–Trinajstić information content (AvgIpc) is 2.21. The van der Waals surface area contributed by atoms with Crippen LogP contribution in [0.2, 0.25) is 0 Å². The molecule has 0 aromatic heterocycles. The van der Waals surface area contributed by atoms with Crippen molar-refractivity contribution in [3.8, 4) is 11.5 Å². The van der Waals surface area contributed by atoms with Crippen LogP contribution in [0.15, 0.2) is 23.5 Å². The predicted octanol–water partition coefficient (Wildman–Crippen LogP) is 0.744. The number of phenols is 2. The highest BCUT2D eigenvalue weighted by atomic mass is 16.3. The number of nitroso groups, excluding NO2 is 1. The van der Waals surface area contributed by atoms with Crippen molar-refractivity contribution < 1.29 is 15.3 Å². The molecule has 0 radical (unpaired) electrons. The first-order chi connectivity index (χ1) is 7.04. The van der Waals surface area contributed by atoms with Crippen molar-refractivity contribution in [1.82, 2.24) is 5.01 Å². The van der Waals surface area contributed by atoms with Crippen LogP contribution >= 0.6 is 0 Å². The molecular formula is C9H12N2O4. The fraction of sp³-hybridized carbons (Fsp3) is 0.333. The SMILES string of the molecule is CN(C[C@H](O)c1ccc(O)c(O)c1)N=O. The molecule has 3 N–H and O–H groups in total. The van der Waals surface area contributed by atoms with Gasteiger partial charge in [-0.15, -0.1) is 4.91 Å². The molecule has 1 rings (SSSR count). The van der Waals surface area contributed by atoms with Crippen LogP contribution in [0.25, 0.3) is 0 Å². The van der Waals surface area contributed by atoms with E-state index in [0.29, 0.717) is 5.56 Å². The summed E-state index contributed by atoms with van der Waals surface area (Å²) in [5, 5.41) is 31.5. The minimum atomic E-state index is -0.945. The van der Waals surface area contributed by atoms with E-state index in [1.54, 1.807) is 0 Å².